The maximum absolute atomic E-state index is 12.3. The summed E-state index contributed by atoms with van der Waals surface area (Å²) in [4.78, 5) is 14.1. The Morgan fingerprint density at radius 3 is 2.74 bits per heavy atom. The highest BCUT2D eigenvalue weighted by molar-refractivity contribution is 5.81. The summed E-state index contributed by atoms with van der Waals surface area (Å²) in [6.07, 6.45) is -0.364. The molecule has 1 aromatic carbocycles. The minimum absolute atomic E-state index is 0.0238. The summed E-state index contributed by atoms with van der Waals surface area (Å²) in [6, 6.07) is 7.73. The van der Waals surface area contributed by atoms with Crippen LogP contribution in [0.3, 0.4) is 0 Å². The minimum atomic E-state index is -0.465. The van der Waals surface area contributed by atoms with Crippen molar-refractivity contribution in [3.8, 4) is 5.75 Å². The van der Waals surface area contributed by atoms with E-state index in [0.29, 0.717) is 19.7 Å². The molecule has 1 fully saturated rings. The van der Waals surface area contributed by atoms with Crippen molar-refractivity contribution in [2.45, 2.75) is 33.0 Å². The predicted molar refractivity (Wildman–Crippen MR) is 73.3 cm³/mol. The lowest BCUT2D eigenvalue weighted by atomic mass is 10.2. The molecular weight excluding hydrogens is 242 g/mol. The second-order valence-corrected chi connectivity index (χ2v) is 5.04. The lowest BCUT2D eigenvalue weighted by Gasteiger charge is -2.32. The van der Waals surface area contributed by atoms with E-state index in [0.717, 1.165) is 5.75 Å². The molecule has 0 aromatic heterocycles. The number of hydrogen-bond donors (Lipinski definition) is 0. The van der Waals surface area contributed by atoms with Crippen LogP contribution in [-0.2, 0) is 9.53 Å². The maximum atomic E-state index is 12.3. The van der Waals surface area contributed by atoms with Gasteiger partial charge in [0.1, 0.15) is 5.75 Å². The minimum Gasteiger partial charge on any atom is -0.481 e. The fraction of sp³-hybridized carbons (Fsp3) is 0.533. The molecule has 1 heterocycles. The summed E-state index contributed by atoms with van der Waals surface area (Å²) in [5, 5.41) is 0. The lowest BCUT2D eigenvalue weighted by molar-refractivity contribution is -0.144. The van der Waals surface area contributed by atoms with Crippen LogP contribution in [0, 0.1) is 6.92 Å². The van der Waals surface area contributed by atoms with Crippen molar-refractivity contribution < 1.29 is 14.3 Å². The Labute approximate surface area is 114 Å². The standard InChI is InChI=1S/C15H21NO3/c1-11-4-6-14(7-5-11)19-13(3)15(17)16-8-9-18-12(2)10-16/h4-7,12-13H,8-10H2,1-3H3. The van der Waals surface area contributed by atoms with Crippen LogP contribution in [0.15, 0.2) is 24.3 Å². The van der Waals surface area contributed by atoms with Crippen LogP contribution in [-0.4, -0.2) is 42.7 Å². The van der Waals surface area contributed by atoms with Crippen molar-refractivity contribution >= 4 is 5.91 Å². The molecule has 1 aliphatic rings. The molecular formula is C15H21NO3. The summed E-state index contributed by atoms with van der Waals surface area (Å²) in [6.45, 7) is 7.68. The molecule has 4 heteroatoms. The van der Waals surface area contributed by atoms with Crippen molar-refractivity contribution in [1.82, 2.24) is 4.90 Å². The number of rotatable bonds is 3. The van der Waals surface area contributed by atoms with Gasteiger partial charge in [0.25, 0.3) is 5.91 Å². The third kappa shape index (κ3) is 3.70. The highest BCUT2D eigenvalue weighted by Gasteiger charge is 2.26. The smallest absolute Gasteiger partial charge is 0.263 e. The van der Waals surface area contributed by atoms with Gasteiger partial charge in [0.05, 0.1) is 12.7 Å². The number of ether oxygens (including phenoxy) is 2. The normalized spacial score (nSPS) is 21.0. The van der Waals surface area contributed by atoms with E-state index in [4.69, 9.17) is 9.47 Å². The Hall–Kier alpha value is -1.55. The monoisotopic (exact) mass is 263 g/mol. The van der Waals surface area contributed by atoms with E-state index in [2.05, 4.69) is 0 Å². The SMILES string of the molecule is Cc1ccc(OC(C)C(=O)N2CCOC(C)C2)cc1. The summed E-state index contributed by atoms with van der Waals surface area (Å²) < 4.78 is 11.1. The molecule has 1 amide bonds. The van der Waals surface area contributed by atoms with Gasteiger partial charge in [-0.25, -0.2) is 0 Å². The zero-order chi connectivity index (χ0) is 13.8. The zero-order valence-corrected chi connectivity index (χ0v) is 11.8. The van der Waals surface area contributed by atoms with Gasteiger partial charge in [-0.2, -0.15) is 0 Å². The molecule has 19 heavy (non-hydrogen) atoms. The van der Waals surface area contributed by atoms with Gasteiger partial charge in [-0.1, -0.05) is 17.7 Å². The average molecular weight is 263 g/mol. The van der Waals surface area contributed by atoms with Crippen LogP contribution in [0.4, 0.5) is 0 Å². The Kier molecular flexibility index (Phi) is 4.43. The highest BCUT2D eigenvalue weighted by atomic mass is 16.5. The van der Waals surface area contributed by atoms with E-state index in [1.807, 2.05) is 43.0 Å². The molecule has 1 aromatic rings. The van der Waals surface area contributed by atoms with E-state index in [1.54, 1.807) is 6.92 Å². The lowest BCUT2D eigenvalue weighted by Crippen LogP contribution is -2.49. The van der Waals surface area contributed by atoms with Crippen LogP contribution < -0.4 is 4.74 Å². The molecule has 1 saturated heterocycles. The number of carbonyl (C=O) groups is 1. The molecule has 0 spiro atoms. The predicted octanol–water partition coefficient (Wildman–Crippen LogP) is 2.01. The summed E-state index contributed by atoms with van der Waals surface area (Å²) in [7, 11) is 0. The van der Waals surface area contributed by atoms with Crippen molar-refractivity contribution in [3.05, 3.63) is 29.8 Å². The highest BCUT2D eigenvalue weighted by Crippen LogP contribution is 2.15. The number of carbonyl (C=O) groups excluding carboxylic acids is 1. The quantitative estimate of drug-likeness (QED) is 0.837. The van der Waals surface area contributed by atoms with Crippen molar-refractivity contribution in [1.29, 1.82) is 0 Å². The second kappa shape index (κ2) is 6.06. The first-order valence-electron chi connectivity index (χ1n) is 6.70. The molecule has 0 radical (unpaired) electrons. The van der Waals surface area contributed by atoms with Crippen LogP contribution >= 0.6 is 0 Å². The maximum Gasteiger partial charge on any atom is 0.263 e. The molecule has 4 nitrogen and oxygen atoms in total. The van der Waals surface area contributed by atoms with Crippen molar-refractivity contribution in [2.24, 2.45) is 0 Å². The first kappa shape index (κ1) is 13.9. The Balaban J connectivity index is 1.93. The molecule has 0 aliphatic carbocycles. The van der Waals surface area contributed by atoms with Crippen LogP contribution in [0.25, 0.3) is 0 Å². The number of morpholine rings is 1. The van der Waals surface area contributed by atoms with E-state index in [1.165, 1.54) is 5.56 Å². The molecule has 2 unspecified atom stereocenters. The van der Waals surface area contributed by atoms with Gasteiger partial charge in [0.15, 0.2) is 6.10 Å². The van der Waals surface area contributed by atoms with Gasteiger partial charge in [-0.05, 0) is 32.9 Å². The Bertz CT molecular complexity index is 430. The largest absolute Gasteiger partial charge is 0.481 e. The van der Waals surface area contributed by atoms with Gasteiger partial charge in [0.2, 0.25) is 0 Å². The molecule has 1 aliphatic heterocycles. The summed E-state index contributed by atoms with van der Waals surface area (Å²) in [5.74, 6) is 0.753. The second-order valence-electron chi connectivity index (χ2n) is 5.04. The average Bonchev–Trinajstić information content (AvgIpc) is 2.40. The number of hydrogen-bond acceptors (Lipinski definition) is 3. The first-order chi connectivity index (χ1) is 9.06. The molecule has 0 saturated carbocycles. The molecule has 2 rings (SSSR count). The van der Waals surface area contributed by atoms with E-state index in [-0.39, 0.29) is 12.0 Å². The van der Waals surface area contributed by atoms with Gasteiger partial charge in [-0.15, -0.1) is 0 Å². The van der Waals surface area contributed by atoms with Crippen molar-refractivity contribution in [3.63, 3.8) is 0 Å². The van der Waals surface area contributed by atoms with Crippen molar-refractivity contribution in [2.75, 3.05) is 19.7 Å². The summed E-state index contributed by atoms with van der Waals surface area (Å²) in [5.41, 5.74) is 1.17. The van der Waals surface area contributed by atoms with Crippen LogP contribution in [0.2, 0.25) is 0 Å². The number of nitrogens with zero attached hydrogens (tertiary/aromatic N) is 1. The topological polar surface area (TPSA) is 38.8 Å². The van der Waals surface area contributed by atoms with E-state index >= 15 is 0 Å². The Morgan fingerprint density at radius 2 is 2.11 bits per heavy atom. The fourth-order valence-corrected chi connectivity index (χ4v) is 2.15. The number of aryl methyl sites for hydroxylation is 1. The van der Waals surface area contributed by atoms with E-state index < -0.39 is 6.10 Å². The van der Waals surface area contributed by atoms with Crippen LogP contribution in [0.5, 0.6) is 5.75 Å². The van der Waals surface area contributed by atoms with Crippen LogP contribution in [0.1, 0.15) is 19.4 Å². The van der Waals surface area contributed by atoms with E-state index in [9.17, 15) is 4.79 Å². The zero-order valence-electron chi connectivity index (χ0n) is 11.8. The summed E-state index contributed by atoms with van der Waals surface area (Å²) >= 11 is 0. The fourth-order valence-electron chi connectivity index (χ4n) is 2.15. The number of benzene rings is 1. The first-order valence-corrected chi connectivity index (χ1v) is 6.70. The third-order valence-corrected chi connectivity index (χ3v) is 3.23. The van der Waals surface area contributed by atoms with Gasteiger partial charge < -0.3 is 14.4 Å². The molecule has 0 N–H and O–H groups in total. The Morgan fingerprint density at radius 1 is 1.42 bits per heavy atom. The molecule has 0 bridgehead atoms. The van der Waals surface area contributed by atoms with Gasteiger partial charge in [-0.3, -0.25) is 4.79 Å². The molecule has 2 atom stereocenters. The third-order valence-electron chi connectivity index (χ3n) is 3.23. The number of amides is 1. The van der Waals surface area contributed by atoms with Gasteiger partial charge >= 0.3 is 0 Å². The molecule has 104 valence electrons. The van der Waals surface area contributed by atoms with Gasteiger partial charge in [0, 0.05) is 13.1 Å².